The molecular formula is C10H10O5. The normalized spacial score (nSPS) is 9.73. The molecule has 0 fully saturated rings. The number of hydrogen-bond donors (Lipinski definition) is 2. The molecule has 0 aliphatic rings. The summed E-state index contributed by atoms with van der Waals surface area (Å²) < 4.78 is 5.14. The highest BCUT2D eigenvalue weighted by Gasteiger charge is 2.21. The Balaban J connectivity index is 3.28. The van der Waals surface area contributed by atoms with Crippen molar-refractivity contribution in [3.05, 3.63) is 29.2 Å². The molecule has 0 atom stereocenters. The van der Waals surface area contributed by atoms with Gasteiger partial charge in [0.05, 0.1) is 0 Å². The van der Waals surface area contributed by atoms with Crippen molar-refractivity contribution >= 4 is 17.5 Å². The summed E-state index contributed by atoms with van der Waals surface area (Å²) in [6.45, 7) is 3.09. The van der Waals surface area contributed by atoms with Crippen molar-refractivity contribution in [2.24, 2.45) is 0 Å². The van der Waals surface area contributed by atoms with Gasteiger partial charge in [0.1, 0.15) is 11.5 Å². The number of allylic oxidation sites excluding steroid dienone is 1. The average Bonchev–Trinajstić information content (AvgIpc) is 2.50. The third kappa shape index (κ3) is 2.25. The summed E-state index contributed by atoms with van der Waals surface area (Å²) in [7, 11) is 0. The van der Waals surface area contributed by atoms with Gasteiger partial charge < -0.3 is 14.6 Å². The van der Waals surface area contributed by atoms with E-state index in [1.165, 1.54) is 13.0 Å². The lowest BCUT2D eigenvalue weighted by Gasteiger charge is -2.00. The van der Waals surface area contributed by atoms with Gasteiger partial charge in [-0.25, -0.2) is 9.59 Å². The van der Waals surface area contributed by atoms with Gasteiger partial charge in [-0.2, -0.15) is 0 Å². The molecule has 5 nitrogen and oxygen atoms in total. The highest BCUT2D eigenvalue weighted by atomic mass is 16.4. The molecule has 1 rings (SSSR count). The maximum absolute atomic E-state index is 10.7. The number of aryl methyl sites for hydroxylation is 1. The van der Waals surface area contributed by atoms with Crippen molar-refractivity contribution in [2.75, 3.05) is 0 Å². The largest absolute Gasteiger partial charge is 0.477 e. The zero-order chi connectivity index (χ0) is 11.6. The third-order valence-corrected chi connectivity index (χ3v) is 1.91. The zero-order valence-corrected chi connectivity index (χ0v) is 8.27. The van der Waals surface area contributed by atoms with E-state index in [2.05, 4.69) is 0 Å². The summed E-state index contributed by atoms with van der Waals surface area (Å²) >= 11 is 0. The maximum atomic E-state index is 10.7. The summed E-state index contributed by atoms with van der Waals surface area (Å²) in [5, 5.41) is 17.4. The Labute approximate surface area is 85.6 Å². The van der Waals surface area contributed by atoms with E-state index in [1.54, 1.807) is 13.0 Å². The second-order valence-electron chi connectivity index (χ2n) is 3.02. The predicted molar refractivity (Wildman–Crippen MR) is 51.3 cm³/mol. The molecule has 0 aromatic carbocycles. The lowest BCUT2D eigenvalue weighted by Crippen LogP contribution is -2.12. The number of carboxylic acids is 2. The third-order valence-electron chi connectivity index (χ3n) is 1.91. The Morgan fingerprint density at radius 2 is 1.73 bits per heavy atom. The minimum absolute atomic E-state index is 0.100. The first-order valence-electron chi connectivity index (χ1n) is 4.17. The van der Waals surface area contributed by atoms with Crippen LogP contribution in [0.2, 0.25) is 0 Å². The van der Waals surface area contributed by atoms with Crippen molar-refractivity contribution in [1.29, 1.82) is 0 Å². The summed E-state index contributed by atoms with van der Waals surface area (Å²) in [6, 6.07) is 3.18. The number of rotatable bonds is 3. The molecule has 0 aliphatic carbocycles. The van der Waals surface area contributed by atoms with Gasteiger partial charge in [0.25, 0.3) is 0 Å². The molecular weight excluding hydrogens is 200 g/mol. The molecule has 0 saturated heterocycles. The van der Waals surface area contributed by atoms with Crippen LogP contribution in [0.25, 0.3) is 5.57 Å². The van der Waals surface area contributed by atoms with E-state index in [-0.39, 0.29) is 11.3 Å². The van der Waals surface area contributed by atoms with Gasteiger partial charge in [-0.05, 0) is 26.0 Å². The Bertz CT molecular complexity index is 422. The van der Waals surface area contributed by atoms with Gasteiger partial charge in [0.15, 0.2) is 5.57 Å². The van der Waals surface area contributed by atoms with E-state index in [0.717, 1.165) is 0 Å². The molecule has 0 spiro atoms. The molecule has 1 heterocycles. The van der Waals surface area contributed by atoms with E-state index in [9.17, 15) is 9.59 Å². The average molecular weight is 210 g/mol. The monoisotopic (exact) mass is 210 g/mol. The van der Waals surface area contributed by atoms with Crippen LogP contribution in [0.5, 0.6) is 0 Å². The standard InChI is InChI=1S/C10H10O5/c1-5-3-4-7(15-5)6(2)8(9(11)12)10(13)14/h3-4H,1-2H3,(H,11,12)(H,13,14). The van der Waals surface area contributed by atoms with Gasteiger partial charge in [-0.1, -0.05) is 0 Å². The van der Waals surface area contributed by atoms with Crippen LogP contribution in [0.3, 0.4) is 0 Å². The Hall–Kier alpha value is -2.04. The van der Waals surface area contributed by atoms with E-state index in [0.29, 0.717) is 5.76 Å². The molecule has 0 radical (unpaired) electrons. The van der Waals surface area contributed by atoms with Crippen molar-refractivity contribution in [1.82, 2.24) is 0 Å². The van der Waals surface area contributed by atoms with E-state index in [1.807, 2.05) is 0 Å². The highest BCUT2D eigenvalue weighted by molar-refractivity contribution is 6.18. The number of furan rings is 1. The SMILES string of the molecule is CC(=C(C(=O)O)C(=O)O)c1ccc(C)o1. The molecule has 2 N–H and O–H groups in total. The van der Waals surface area contributed by atoms with E-state index in [4.69, 9.17) is 14.6 Å². The Morgan fingerprint density at radius 1 is 1.20 bits per heavy atom. The van der Waals surface area contributed by atoms with Crippen molar-refractivity contribution in [2.45, 2.75) is 13.8 Å². The van der Waals surface area contributed by atoms with E-state index < -0.39 is 17.5 Å². The highest BCUT2D eigenvalue weighted by Crippen LogP contribution is 2.20. The molecule has 0 unspecified atom stereocenters. The van der Waals surface area contributed by atoms with Crippen LogP contribution in [0, 0.1) is 6.92 Å². The van der Waals surface area contributed by atoms with Gasteiger partial charge in [-0.15, -0.1) is 0 Å². The van der Waals surface area contributed by atoms with Crippen molar-refractivity contribution in [3.63, 3.8) is 0 Å². The molecule has 1 aromatic rings. The summed E-state index contributed by atoms with van der Waals surface area (Å²) in [6.07, 6.45) is 0. The van der Waals surface area contributed by atoms with Crippen LogP contribution < -0.4 is 0 Å². The Kier molecular flexibility index (Phi) is 2.94. The van der Waals surface area contributed by atoms with Crippen LogP contribution >= 0.6 is 0 Å². The first kappa shape index (κ1) is 11.0. The molecule has 0 amide bonds. The molecule has 1 aromatic heterocycles. The number of carboxylic acid groups (broad SMARTS) is 2. The topological polar surface area (TPSA) is 87.7 Å². The molecule has 0 aliphatic heterocycles. The quantitative estimate of drug-likeness (QED) is 0.448. The fraction of sp³-hybridized carbons (Fsp3) is 0.200. The summed E-state index contributed by atoms with van der Waals surface area (Å²) in [5.41, 5.74) is -0.576. The van der Waals surface area contributed by atoms with Crippen LogP contribution in [0.15, 0.2) is 22.1 Å². The van der Waals surface area contributed by atoms with E-state index >= 15 is 0 Å². The number of carbonyl (C=O) groups is 2. The summed E-state index contributed by atoms with van der Waals surface area (Å²) in [5.74, 6) is -2.10. The molecule has 0 saturated carbocycles. The molecule has 0 bridgehead atoms. The molecule has 80 valence electrons. The van der Waals surface area contributed by atoms with Crippen LogP contribution in [-0.4, -0.2) is 22.2 Å². The summed E-state index contributed by atoms with van der Waals surface area (Å²) in [4.78, 5) is 21.4. The molecule has 15 heavy (non-hydrogen) atoms. The molecule has 5 heteroatoms. The second-order valence-corrected chi connectivity index (χ2v) is 3.02. The zero-order valence-electron chi connectivity index (χ0n) is 8.27. The smallest absolute Gasteiger partial charge is 0.343 e. The fourth-order valence-corrected chi connectivity index (χ4v) is 1.17. The minimum Gasteiger partial charge on any atom is -0.477 e. The first-order valence-corrected chi connectivity index (χ1v) is 4.17. The van der Waals surface area contributed by atoms with Crippen LogP contribution in [0.1, 0.15) is 18.4 Å². The maximum Gasteiger partial charge on any atom is 0.343 e. The van der Waals surface area contributed by atoms with Crippen LogP contribution in [0.4, 0.5) is 0 Å². The lowest BCUT2D eigenvalue weighted by molar-refractivity contribution is -0.140. The van der Waals surface area contributed by atoms with Gasteiger partial charge >= 0.3 is 11.9 Å². The minimum atomic E-state index is -1.48. The first-order chi connectivity index (χ1) is 6.93. The van der Waals surface area contributed by atoms with Crippen LogP contribution in [-0.2, 0) is 9.59 Å². The van der Waals surface area contributed by atoms with Gasteiger partial charge in [0, 0.05) is 5.57 Å². The van der Waals surface area contributed by atoms with Crippen molar-refractivity contribution in [3.8, 4) is 0 Å². The van der Waals surface area contributed by atoms with Gasteiger partial charge in [0.2, 0.25) is 0 Å². The predicted octanol–water partition coefficient (Wildman–Crippen LogP) is 1.53. The van der Waals surface area contributed by atoms with Crippen molar-refractivity contribution < 1.29 is 24.2 Å². The number of aliphatic carboxylic acids is 2. The fourth-order valence-electron chi connectivity index (χ4n) is 1.17. The Morgan fingerprint density at radius 3 is 2.07 bits per heavy atom. The van der Waals surface area contributed by atoms with Gasteiger partial charge in [-0.3, -0.25) is 0 Å². The lowest BCUT2D eigenvalue weighted by atomic mass is 10.1. The number of hydrogen-bond acceptors (Lipinski definition) is 3. The second kappa shape index (κ2) is 4.00.